The monoisotopic (exact) mass is 491 g/mol. The van der Waals surface area contributed by atoms with Crippen molar-refractivity contribution in [2.24, 2.45) is 0 Å². The highest BCUT2D eigenvalue weighted by molar-refractivity contribution is 5.97. The zero-order chi connectivity index (χ0) is 25.2. The van der Waals surface area contributed by atoms with Crippen molar-refractivity contribution in [2.45, 2.75) is 25.5 Å². The molecule has 1 amide bonds. The molecule has 0 spiro atoms. The van der Waals surface area contributed by atoms with Crippen molar-refractivity contribution in [2.75, 3.05) is 13.2 Å². The SMILES string of the molecule is O=C(O)[C@@H]1CCCN1C(=O)c1cccc(COc2ccc(-c3cc(F)c(F)c4c3C=CCO4)cc2)c1. The summed E-state index contributed by atoms with van der Waals surface area (Å²) < 4.78 is 39.4. The molecule has 1 fully saturated rings. The summed E-state index contributed by atoms with van der Waals surface area (Å²) >= 11 is 0. The third kappa shape index (κ3) is 4.54. The number of ether oxygens (including phenoxy) is 2. The number of carbonyl (C=O) groups is 2. The predicted molar refractivity (Wildman–Crippen MR) is 129 cm³/mol. The van der Waals surface area contributed by atoms with Gasteiger partial charge in [0.1, 0.15) is 25.0 Å². The molecule has 8 heteroatoms. The lowest BCUT2D eigenvalue weighted by Gasteiger charge is -2.21. The summed E-state index contributed by atoms with van der Waals surface area (Å²) in [6.07, 6.45) is 4.58. The second-order valence-corrected chi connectivity index (χ2v) is 8.68. The van der Waals surface area contributed by atoms with Crippen molar-refractivity contribution < 1.29 is 33.0 Å². The van der Waals surface area contributed by atoms with Crippen molar-refractivity contribution in [1.29, 1.82) is 0 Å². The van der Waals surface area contributed by atoms with Crippen LogP contribution in [0, 0.1) is 11.6 Å². The molecule has 0 aromatic heterocycles. The van der Waals surface area contributed by atoms with Gasteiger partial charge in [-0.05, 0) is 65.9 Å². The number of halogens is 2. The van der Waals surface area contributed by atoms with Crippen LogP contribution in [0.5, 0.6) is 11.5 Å². The van der Waals surface area contributed by atoms with E-state index in [0.29, 0.717) is 47.4 Å². The summed E-state index contributed by atoms with van der Waals surface area (Å²) in [5.74, 6) is -2.80. The molecular formula is C28H23F2NO5. The standard InChI is InChI=1S/C28H23F2NO5/c29-23-15-22(21-6-3-13-35-26(21)25(23)30)18-8-10-20(11-9-18)36-16-17-4-1-5-19(14-17)27(32)31-12-2-7-24(31)28(33)34/h1,3-6,8-11,14-15,24H,2,7,12-13,16H2,(H,33,34)/t24-/m0/s1. The van der Waals surface area contributed by atoms with E-state index < -0.39 is 23.6 Å². The van der Waals surface area contributed by atoms with Gasteiger partial charge in [-0.3, -0.25) is 4.79 Å². The molecule has 1 N–H and O–H groups in total. The second-order valence-electron chi connectivity index (χ2n) is 8.68. The lowest BCUT2D eigenvalue weighted by atomic mass is 9.97. The van der Waals surface area contributed by atoms with E-state index in [-0.39, 0.29) is 24.9 Å². The summed E-state index contributed by atoms with van der Waals surface area (Å²) in [6, 6.07) is 14.3. The Bertz CT molecular complexity index is 1350. The molecule has 0 unspecified atom stereocenters. The Kier molecular flexibility index (Phi) is 6.41. The van der Waals surface area contributed by atoms with Gasteiger partial charge < -0.3 is 19.5 Å². The third-order valence-electron chi connectivity index (χ3n) is 6.37. The van der Waals surface area contributed by atoms with Gasteiger partial charge in [-0.2, -0.15) is 4.39 Å². The highest BCUT2D eigenvalue weighted by Crippen LogP contribution is 2.38. The summed E-state index contributed by atoms with van der Waals surface area (Å²) in [5, 5.41) is 9.36. The minimum absolute atomic E-state index is 0.0918. The van der Waals surface area contributed by atoms with Crippen LogP contribution in [0.2, 0.25) is 0 Å². The Labute approximate surface area is 206 Å². The number of hydrogen-bond acceptors (Lipinski definition) is 4. The van der Waals surface area contributed by atoms with Crippen molar-refractivity contribution in [3.8, 4) is 22.6 Å². The molecule has 3 aromatic rings. The number of aliphatic carboxylic acids is 1. The number of amides is 1. The average Bonchev–Trinajstić information content (AvgIpc) is 3.40. The number of carboxylic acids is 1. The van der Waals surface area contributed by atoms with Crippen LogP contribution in [0.25, 0.3) is 17.2 Å². The average molecular weight is 491 g/mol. The molecule has 6 nitrogen and oxygen atoms in total. The van der Waals surface area contributed by atoms with Gasteiger partial charge in [-0.25, -0.2) is 9.18 Å². The molecule has 1 atom stereocenters. The van der Waals surface area contributed by atoms with Gasteiger partial charge in [0.05, 0.1) is 0 Å². The maximum Gasteiger partial charge on any atom is 0.326 e. The van der Waals surface area contributed by atoms with Crippen LogP contribution in [-0.2, 0) is 11.4 Å². The smallest absolute Gasteiger partial charge is 0.326 e. The van der Waals surface area contributed by atoms with Crippen molar-refractivity contribution in [1.82, 2.24) is 4.90 Å². The predicted octanol–water partition coefficient (Wildman–Crippen LogP) is 5.31. The number of carboxylic acid groups (broad SMARTS) is 1. The van der Waals surface area contributed by atoms with Gasteiger partial charge in [-0.15, -0.1) is 0 Å². The molecular weight excluding hydrogens is 468 g/mol. The highest BCUT2D eigenvalue weighted by atomic mass is 19.2. The number of rotatable bonds is 6. The lowest BCUT2D eigenvalue weighted by molar-refractivity contribution is -0.141. The van der Waals surface area contributed by atoms with Gasteiger partial charge in [0.15, 0.2) is 11.6 Å². The normalized spacial score (nSPS) is 16.4. The summed E-state index contributed by atoms with van der Waals surface area (Å²) in [5.41, 5.74) is 2.85. The topological polar surface area (TPSA) is 76.1 Å². The molecule has 2 aliphatic rings. The van der Waals surface area contributed by atoms with E-state index in [0.717, 1.165) is 11.6 Å². The second kappa shape index (κ2) is 9.81. The van der Waals surface area contributed by atoms with Crippen LogP contribution in [0.1, 0.15) is 34.3 Å². The van der Waals surface area contributed by atoms with Crippen molar-refractivity contribution in [3.63, 3.8) is 0 Å². The maximum absolute atomic E-state index is 14.1. The van der Waals surface area contributed by atoms with Gasteiger partial charge in [-0.1, -0.05) is 30.3 Å². The van der Waals surface area contributed by atoms with E-state index in [1.807, 2.05) is 6.07 Å². The maximum atomic E-state index is 14.1. The first-order valence-corrected chi connectivity index (χ1v) is 11.6. The fourth-order valence-corrected chi connectivity index (χ4v) is 4.58. The molecule has 5 rings (SSSR count). The van der Waals surface area contributed by atoms with Gasteiger partial charge in [0.2, 0.25) is 5.82 Å². The van der Waals surface area contributed by atoms with Crippen LogP contribution in [0.4, 0.5) is 8.78 Å². The number of carbonyl (C=O) groups excluding carboxylic acids is 1. The zero-order valence-electron chi connectivity index (χ0n) is 19.2. The number of benzene rings is 3. The van der Waals surface area contributed by atoms with Gasteiger partial charge in [0.25, 0.3) is 5.91 Å². The Morgan fingerprint density at radius 2 is 1.92 bits per heavy atom. The minimum Gasteiger partial charge on any atom is -0.489 e. The largest absolute Gasteiger partial charge is 0.489 e. The van der Waals surface area contributed by atoms with E-state index in [4.69, 9.17) is 9.47 Å². The van der Waals surface area contributed by atoms with E-state index in [1.54, 1.807) is 54.6 Å². The highest BCUT2D eigenvalue weighted by Gasteiger charge is 2.34. The number of fused-ring (bicyclic) bond motifs is 1. The first-order valence-electron chi connectivity index (χ1n) is 11.6. The van der Waals surface area contributed by atoms with Crippen molar-refractivity contribution in [3.05, 3.63) is 89.0 Å². The zero-order valence-corrected chi connectivity index (χ0v) is 19.2. The molecule has 184 valence electrons. The molecule has 2 heterocycles. The van der Waals surface area contributed by atoms with E-state index >= 15 is 0 Å². The quantitative estimate of drug-likeness (QED) is 0.506. The number of likely N-dealkylation sites (tertiary alicyclic amines) is 1. The van der Waals surface area contributed by atoms with Gasteiger partial charge in [0, 0.05) is 17.7 Å². The van der Waals surface area contributed by atoms with Gasteiger partial charge >= 0.3 is 5.97 Å². The Morgan fingerprint density at radius 1 is 1.11 bits per heavy atom. The molecule has 2 aliphatic heterocycles. The molecule has 1 saturated heterocycles. The molecule has 0 bridgehead atoms. The first-order chi connectivity index (χ1) is 17.4. The van der Waals surface area contributed by atoms with Crippen LogP contribution >= 0.6 is 0 Å². The molecule has 36 heavy (non-hydrogen) atoms. The Hall–Kier alpha value is -4.20. The van der Waals surface area contributed by atoms with E-state index in [9.17, 15) is 23.5 Å². The lowest BCUT2D eigenvalue weighted by Crippen LogP contribution is -2.40. The summed E-state index contributed by atoms with van der Waals surface area (Å²) in [4.78, 5) is 25.7. The number of nitrogens with zero attached hydrogens (tertiary/aromatic N) is 1. The molecule has 0 aliphatic carbocycles. The first kappa shape index (κ1) is 23.5. The van der Waals surface area contributed by atoms with E-state index in [1.165, 1.54) is 4.90 Å². The Balaban J connectivity index is 1.29. The van der Waals surface area contributed by atoms with Crippen LogP contribution < -0.4 is 9.47 Å². The minimum atomic E-state index is -0.998. The fourth-order valence-electron chi connectivity index (χ4n) is 4.58. The van der Waals surface area contributed by atoms with Crippen LogP contribution in [-0.4, -0.2) is 41.1 Å². The molecule has 0 saturated carbocycles. The fraction of sp³-hybridized carbons (Fsp3) is 0.214. The number of hydrogen-bond donors (Lipinski definition) is 1. The molecule has 0 radical (unpaired) electrons. The third-order valence-corrected chi connectivity index (χ3v) is 6.37. The summed E-state index contributed by atoms with van der Waals surface area (Å²) in [6.45, 7) is 0.802. The van der Waals surface area contributed by atoms with Crippen LogP contribution in [0.15, 0.2) is 60.7 Å². The van der Waals surface area contributed by atoms with Crippen molar-refractivity contribution >= 4 is 18.0 Å². The van der Waals surface area contributed by atoms with E-state index in [2.05, 4.69) is 0 Å². The summed E-state index contributed by atoms with van der Waals surface area (Å²) in [7, 11) is 0. The Morgan fingerprint density at radius 3 is 2.69 bits per heavy atom. The molecule has 3 aromatic carbocycles. The van der Waals surface area contributed by atoms with Crippen LogP contribution in [0.3, 0.4) is 0 Å².